The second-order valence-electron chi connectivity index (χ2n) is 4.05. The van der Waals surface area contributed by atoms with E-state index in [4.69, 9.17) is 63.7 Å². The first kappa shape index (κ1) is 16.5. The van der Waals surface area contributed by atoms with Gasteiger partial charge < -0.3 is 11.1 Å². The van der Waals surface area contributed by atoms with Crippen molar-refractivity contribution in [2.45, 2.75) is 0 Å². The Morgan fingerprint density at radius 1 is 0.857 bits per heavy atom. The number of carbonyl (C=O) groups excluding carboxylic acids is 1. The molecule has 0 spiro atoms. The van der Waals surface area contributed by atoms with E-state index < -0.39 is 5.91 Å². The molecule has 0 unspecified atom stereocenters. The molecule has 0 saturated heterocycles. The van der Waals surface area contributed by atoms with Crippen LogP contribution >= 0.6 is 58.0 Å². The highest BCUT2D eigenvalue weighted by Gasteiger charge is 2.15. The summed E-state index contributed by atoms with van der Waals surface area (Å²) in [7, 11) is 0. The smallest absolute Gasteiger partial charge is 0.255 e. The number of amides is 1. The van der Waals surface area contributed by atoms with Crippen molar-refractivity contribution in [1.29, 1.82) is 0 Å². The van der Waals surface area contributed by atoms with Crippen LogP contribution in [0.5, 0.6) is 0 Å². The van der Waals surface area contributed by atoms with Gasteiger partial charge >= 0.3 is 0 Å². The van der Waals surface area contributed by atoms with Gasteiger partial charge in [0.15, 0.2) is 0 Å². The Balaban J connectivity index is 2.35. The molecule has 0 radical (unpaired) electrons. The van der Waals surface area contributed by atoms with Crippen LogP contribution in [0.3, 0.4) is 0 Å². The van der Waals surface area contributed by atoms with Crippen LogP contribution in [0.4, 0.5) is 11.4 Å². The van der Waals surface area contributed by atoms with Crippen molar-refractivity contribution in [3.63, 3.8) is 0 Å². The number of carbonyl (C=O) groups is 1. The minimum absolute atomic E-state index is 0.181. The zero-order valence-corrected chi connectivity index (χ0v) is 14.0. The largest absolute Gasteiger partial charge is 0.396 e. The minimum atomic E-state index is -0.482. The lowest BCUT2D eigenvalue weighted by molar-refractivity contribution is 0.102. The van der Waals surface area contributed by atoms with E-state index in [0.717, 1.165) is 0 Å². The second kappa shape index (κ2) is 6.51. The molecule has 0 aliphatic rings. The lowest BCUT2D eigenvalue weighted by Crippen LogP contribution is -2.13. The average molecular weight is 384 g/mol. The van der Waals surface area contributed by atoms with Gasteiger partial charge in [-0.15, -0.1) is 0 Å². The number of anilines is 2. The van der Waals surface area contributed by atoms with Crippen molar-refractivity contribution < 1.29 is 4.79 Å². The molecule has 0 atom stereocenters. The number of halogens is 5. The number of hydrogen-bond donors (Lipinski definition) is 2. The highest BCUT2D eigenvalue weighted by molar-refractivity contribution is 6.43. The summed E-state index contributed by atoms with van der Waals surface area (Å²) in [5.74, 6) is -0.482. The van der Waals surface area contributed by atoms with Gasteiger partial charge in [-0.1, -0.05) is 58.0 Å². The predicted molar refractivity (Wildman–Crippen MR) is 90.3 cm³/mol. The van der Waals surface area contributed by atoms with Crippen LogP contribution in [0.25, 0.3) is 0 Å². The second-order valence-corrected chi connectivity index (χ2v) is 6.12. The predicted octanol–water partition coefficient (Wildman–Crippen LogP) is 5.79. The molecule has 0 saturated carbocycles. The fourth-order valence-electron chi connectivity index (χ4n) is 1.56. The first-order chi connectivity index (χ1) is 9.79. The van der Waals surface area contributed by atoms with E-state index in [-0.39, 0.29) is 37.0 Å². The van der Waals surface area contributed by atoms with Crippen LogP contribution in [0.15, 0.2) is 24.3 Å². The molecular weight excluding hydrogens is 377 g/mol. The molecule has 0 fully saturated rings. The zero-order valence-electron chi connectivity index (χ0n) is 10.2. The molecule has 0 aromatic heterocycles. The summed E-state index contributed by atoms with van der Waals surface area (Å²) in [5.41, 5.74) is 6.29. The maximum Gasteiger partial charge on any atom is 0.255 e. The summed E-state index contributed by atoms with van der Waals surface area (Å²) in [6.45, 7) is 0. The van der Waals surface area contributed by atoms with Crippen LogP contribution in [0.1, 0.15) is 10.4 Å². The van der Waals surface area contributed by atoms with Gasteiger partial charge in [-0.3, -0.25) is 4.79 Å². The van der Waals surface area contributed by atoms with E-state index in [0.29, 0.717) is 5.02 Å². The minimum Gasteiger partial charge on any atom is -0.396 e. The molecule has 21 heavy (non-hydrogen) atoms. The maximum absolute atomic E-state index is 12.2. The molecule has 0 aliphatic carbocycles. The van der Waals surface area contributed by atoms with Crippen molar-refractivity contribution >= 4 is 75.3 Å². The number of nitrogen functional groups attached to an aromatic ring is 1. The third-order valence-electron chi connectivity index (χ3n) is 2.59. The summed E-state index contributed by atoms with van der Waals surface area (Å²) in [6.07, 6.45) is 0. The number of nitrogens with one attached hydrogen (secondary N) is 1. The summed E-state index contributed by atoms with van der Waals surface area (Å²) in [4.78, 5) is 12.2. The molecular formula is C13H7Cl5N2O. The van der Waals surface area contributed by atoms with Crippen LogP contribution < -0.4 is 11.1 Å². The molecule has 8 heteroatoms. The molecule has 0 bridgehead atoms. The first-order valence-corrected chi connectivity index (χ1v) is 7.39. The number of rotatable bonds is 2. The van der Waals surface area contributed by atoms with E-state index in [1.54, 1.807) is 0 Å². The van der Waals surface area contributed by atoms with E-state index in [1.165, 1.54) is 24.3 Å². The summed E-state index contributed by atoms with van der Waals surface area (Å²) in [6, 6.07) is 5.73. The summed E-state index contributed by atoms with van der Waals surface area (Å²) in [5, 5.41) is 3.73. The quantitative estimate of drug-likeness (QED) is 0.644. The molecule has 0 aliphatic heterocycles. The Bertz CT molecular complexity index is 686. The SMILES string of the molecule is Nc1c(Cl)cc(C(=O)Nc2c(Cl)cc(Cl)cc2Cl)cc1Cl. The molecule has 2 rings (SSSR count). The van der Waals surface area contributed by atoms with Crippen LogP contribution in [-0.2, 0) is 0 Å². The Morgan fingerprint density at radius 3 is 1.81 bits per heavy atom. The monoisotopic (exact) mass is 382 g/mol. The van der Waals surface area contributed by atoms with Gasteiger partial charge in [-0.05, 0) is 24.3 Å². The van der Waals surface area contributed by atoms with Crippen LogP contribution in [0, 0.1) is 0 Å². The molecule has 2 aromatic carbocycles. The summed E-state index contributed by atoms with van der Waals surface area (Å²) >= 11 is 29.6. The highest BCUT2D eigenvalue weighted by atomic mass is 35.5. The Hall–Kier alpha value is -0.840. The third kappa shape index (κ3) is 3.68. The molecule has 3 nitrogen and oxygen atoms in total. The molecule has 1 amide bonds. The third-order valence-corrected chi connectivity index (χ3v) is 4.03. The van der Waals surface area contributed by atoms with Gasteiger partial charge in [-0.25, -0.2) is 0 Å². The van der Waals surface area contributed by atoms with Gasteiger partial charge in [0.25, 0.3) is 5.91 Å². The van der Waals surface area contributed by atoms with E-state index >= 15 is 0 Å². The standard InChI is InChI=1S/C13H7Cl5N2O/c14-6-3-9(17)12(10(18)4-6)20-13(21)5-1-7(15)11(19)8(16)2-5/h1-4H,19H2,(H,20,21). The van der Waals surface area contributed by atoms with E-state index in [1.807, 2.05) is 0 Å². The zero-order chi connectivity index (χ0) is 15.7. The number of nitrogens with two attached hydrogens (primary N) is 1. The fraction of sp³-hybridized carbons (Fsp3) is 0. The Labute approximate surface area is 145 Å². The number of hydrogen-bond acceptors (Lipinski definition) is 2. The van der Waals surface area contributed by atoms with E-state index in [2.05, 4.69) is 5.32 Å². The van der Waals surface area contributed by atoms with Crippen molar-refractivity contribution in [1.82, 2.24) is 0 Å². The highest BCUT2D eigenvalue weighted by Crippen LogP contribution is 2.34. The molecule has 0 heterocycles. The van der Waals surface area contributed by atoms with Crippen molar-refractivity contribution in [2.75, 3.05) is 11.1 Å². The maximum atomic E-state index is 12.2. The normalized spacial score (nSPS) is 10.5. The average Bonchev–Trinajstić information content (AvgIpc) is 2.39. The van der Waals surface area contributed by atoms with Crippen molar-refractivity contribution in [3.8, 4) is 0 Å². The van der Waals surface area contributed by atoms with Crippen LogP contribution in [0.2, 0.25) is 25.1 Å². The van der Waals surface area contributed by atoms with E-state index in [9.17, 15) is 4.79 Å². The molecule has 2 aromatic rings. The van der Waals surface area contributed by atoms with Gasteiger partial charge in [0, 0.05) is 10.6 Å². The first-order valence-electron chi connectivity index (χ1n) is 5.50. The summed E-state index contributed by atoms with van der Waals surface area (Å²) < 4.78 is 0. The van der Waals surface area contributed by atoms with Gasteiger partial charge in [-0.2, -0.15) is 0 Å². The van der Waals surface area contributed by atoms with Crippen LogP contribution in [-0.4, -0.2) is 5.91 Å². The Morgan fingerprint density at radius 2 is 1.33 bits per heavy atom. The van der Waals surface area contributed by atoms with Gasteiger partial charge in [0.1, 0.15) is 0 Å². The van der Waals surface area contributed by atoms with Crippen molar-refractivity contribution in [3.05, 3.63) is 54.9 Å². The molecule has 3 N–H and O–H groups in total. The van der Waals surface area contributed by atoms with Gasteiger partial charge in [0.2, 0.25) is 0 Å². The fourth-order valence-corrected chi connectivity index (χ4v) is 2.96. The lowest BCUT2D eigenvalue weighted by atomic mass is 10.2. The number of benzene rings is 2. The lowest BCUT2D eigenvalue weighted by Gasteiger charge is -2.11. The van der Waals surface area contributed by atoms with Gasteiger partial charge in [0.05, 0.1) is 31.5 Å². The topological polar surface area (TPSA) is 55.1 Å². The molecule has 110 valence electrons. The van der Waals surface area contributed by atoms with Crippen molar-refractivity contribution in [2.24, 2.45) is 0 Å². The Kier molecular flexibility index (Phi) is 5.12.